The van der Waals surface area contributed by atoms with E-state index in [0.717, 1.165) is 28.1 Å². The van der Waals surface area contributed by atoms with Crippen LogP contribution in [0.3, 0.4) is 0 Å². The summed E-state index contributed by atoms with van der Waals surface area (Å²) in [6.45, 7) is 5.30. The first-order valence-corrected chi connectivity index (χ1v) is 9.74. The lowest BCUT2D eigenvalue weighted by atomic mass is 9.95. The fourth-order valence-electron chi connectivity index (χ4n) is 3.71. The molecule has 1 aliphatic rings. The van der Waals surface area contributed by atoms with Crippen LogP contribution < -0.4 is 10.1 Å². The van der Waals surface area contributed by atoms with Crippen LogP contribution in [0.15, 0.2) is 42.5 Å². The lowest BCUT2D eigenvalue weighted by Crippen LogP contribution is -2.42. The van der Waals surface area contributed by atoms with Gasteiger partial charge in [-0.25, -0.2) is 0 Å². The molecule has 2 aromatic carbocycles. The van der Waals surface area contributed by atoms with Crippen LogP contribution in [-0.4, -0.2) is 36.9 Å². The fourth-order valence-corrected chi connectivity index (χ4v) is 3.71. The van der Waals surface area contributed by atoms with Crippen LogP contribution in [0.4, 0.5) is 5.69 Å². The number of nitrogens with zero attached hydrogens (tertiary/aromatic N) is 1. The van der Waals surface area contributed by atoms with Gasteiger partial charge in [0.15, 0.2) is 0 Å². The summed E-state index contributed by atoms with van der Waals surface area (Å²) in [6.07, 6.45) is 1.78. The number of benzene rings is 2. The summed E-state index contributed by atoms with van der Waals surface area (Å²) in [5.74, 6) is 0.892. The number of amides is 2. The van der Waals surface area contributed by atoms with Gasteiger partial charge in [-0.3, -0.25) is 9.59 Å². The first-order chi connectivity index (χ1) is 13.4. The number of carbonyl (C=O) groups excluding carboxylic acids is 2. The van der Waals surface area contributed by atoms with Gasteiger partial charge in [0.1, 0.15) is 5.75 Å². The Morgan fingerprint density at radius 2 is 1.64 bits per heavy atom. The van der Waals surface area contributed by atoms with E-state index in [9.17, 15) is 9.59 Å². The molecule has 1 N–H and O–H groups in total. The van der Waals surface area contributed by atoms with Gasteiger partial charge in [-0.1, -0.05) is 18.2 Å². The Kier molecular flexibility index (Phi) is 6.34. The van der Waals surface area contributed by atoms with Gasteiger partial charge in [-0.2, -0.15) is 0 Å². The van der Waals surface area contributed by atoms with Crippen molar-refractivity contribution < 1.29 is 14.3 Å². The summed E-state index contributed by atoms with van der Waals surface area (Å²) >= 11 is 0. The smallest absolute Gasteiger partial charge is 0.227 e. The van der Waals surface area contributed by atoms with Crippen molar-refractivity contribution in [2.75, 3.05) is 25.5 Å². The van der Waals surface area contributed by atoms with Crippen LogP contribution in [0.2, 0.25) is 0 Å². The van der Waals surface area contributed by atoms with E-state index in [0.29, 0.717) is 32.4 Å². The number of hydrogen-bond acceptors (Lipinski definition) is 3. The molecule has 5 nitrogen and oxygen atoms in total. The molecule has 0 aliphatic carbocycles. The minimum absolute atomic E-state index is 0.0484. The molecule has 0 atom stereocenters. The van der Waals surface area contributed by atoms with E-state index in [1.54, 1.807) is 7.11 Å². The number of methoxy groups -OCH3 is 1. The Bertz CT molecular complexity index is 817. The highest BCUT2D eigenvalue weighted by Crippen LogP contribution is 2.22. The third kappa shape index (κ3) is 5.12. The fraction of sp³-hybridized carbons (Fsp3) is 0.391. The second-order valence-electron chi connectivity index (χ2n) is 7.55. The zero-order valence-corrected chi connectivity index (χ0v) is 16.8. The van der Waals surface area contributed by atoms with Crippen molar-refractivity contribution in [3.8, 4) is 5.75 Å². The van der Waals surface area contributed by atoms with Crippen LogP contribution in [0.25, 0.3) is 0 Å². The summed E-state index contributed by atoms with van der Waals surface area (Å²) in [5.41, 5.74) is 4.09. The zero-order chi connectivity index (χ0) is 20.1. The quantitative estimate of drug-likeness (QED) is 0.860. The molecule has 28 heavy (non-hydrogen) atoms. The number of anilines is 1. The van der Waals surface area contributed by atoms with Crippen LogP contribution in [0, 0.1) is 19.8 Å². The molecule has 2 aromatic rings. The van der Waals surface area contributed by atoms with Gasteiger partial charge in [0.2, 0.25) is 11.8 Å². The van der Waals surface area contributed by atoms with Crippen molar-refractivity contribution in [1.82, 2.24) is 4.90 Å². The number of piperidine rings is 1. The van der Waals surface area contributed by atoms with Gasteiger partial charge in [0, 0.05) is 24.7 Å². The van der Waals surface area contributed by atoms with Gasteiger partial charge >= 0.3 is 0 Å². The maximum absolute atomic E-state index is 12.6. The molecule has 1 aliphatic heterocycles. The van der Waals surface area contributed by atoms with Crippen LogP contribution >= 0.6 is 0 Å². The molecular weight excluding hydrogens is 352 g/mol. The highest BCUT2D eigenvalue weighted by molar-refractivity contribution is 5.93. The van der Waals surface area contributed by atoms with Gasteiger partial charge in [-0.05, 0) is 67.6 Å². The minimum atomic E-state index is -0.0501. The van der Waals surface area contributed by atoms with E-state index in [2.05, 4.69) is 11.4 Å². The van der Waals surface area contributed by atoms with Crippen molar-refractivity contribution in [3.05, 3.63) is 59.2 Å². The summed E-state index contributed by atoms with van der Waals surface area (Å²) in [5, 5.41) is 3.03. The summed E-state index contributed by atoms with van der Waals surface area (Å²) in [7, 11) is 1.63. The lowest BCUT2D eigenvalue weighted by Gasteiger charge is -2.31. The van der Waals surface area contributed by atoms with Crippen LogP contribution in [0.5, 0.6) is 5.75 Å². The number of nitrogens with one attached hydrogen (secondary N) is 1. The van der Waals surface area contributed by atoms with Crippen molar-refractivity contribution in [3.63, 3.8) is 0 Å². The molecule has 0 bridgehead atoms. The predicted octanol–water partition coefficient (Wildman–Crippen LogP) is 3.73. The van der Waals surface area contributed by atoms with Crippen LogP contribution in [-0.2, 0) is 16.0 Å². The van der Waals surface area contributed by atoms with Gasteiger partial charge in [0.05, 0.1) is 13.5 Å². The second kappa shape index (κ2) is 8.91. The Morgan fingerprint density at radius 1 is 1.04 bits per heavy atom. The van der Waals surface area contributed by atoms with E-state index in [1.165, 1.54) is 0 Å². The molecule has 1 fully saturated rings. The number of carbonyl (C=O) groups is 2. The Hall–Kier alpha value is -2.82. The van der Waals surface area contributed by atoms with Crippen molar-refractivity contribution in [2.24, 2.45) is 5.92 Å². The molecule has 0 spiro atoms. The average molecular weight is 380 g/mol. The number of ether oxygens (including phenoxy) is 1. The molecule has 0 unspecified atom stereocenters. The Morgan fingerprint density at radius 3 is 2.21 bits per heavy atom. The zero-order valence-electron chi connectivity index (χ0n) is 16.8. The third-order valence-electron chi connectivity index (χ3n) is 5.22. The minimum Gasteiger partial charge on any atom is -0.497 e. The standard InChI is InChI=1S/C23H28N2O3/c1-16-12-17(2)14-20(13-16)24-23(27)19-8-10-25(11-9-19)22(26)15-18-4-6-21(28-3)7-5-18/h4-7,12-14,19H,8-11,15H2,1-3H3,(H,24,27). The first kappa shape index (κ1) is 19.9. The summed E-state index contributed by atoms with van der Waals surface area (Å²) < 4.78 is 5.15. The normalized spacial score (nSPS) is 14.6. The van der Waals surface area contributed by atoms with Crippen LogP contribution in [0.1, 0.15) is 29.5 Å². The molecule has 148 valence electrons. The van der Waals surface area contributed by atoms with Crippen molar-refractivity contribution in [2.45, 2.75) is 33.1 Å². The van der Waals surface area contributed by atoms with Crippen molar-refractivity contribution >= 4 is 17.5 Å². The average Bonchev–Trinajstić information content (AvgIpc) is 2.68. The number of hydrogen-bond donors (Lipinski definition) is 1. The number of aryl methyl sites for hydroxylation is 2. The molecule has 0 radical (unpaired) electrons. The maximum Gasteiger partial charge on any atom is 0.227 e. The molecule has 3 rings (SSSR count). The Labute approximate surface area is 166 Å². The molecular formula is C23H28N2O3. The van der Waals surface area contributed by atoms with E-state index < -0.39 is 0 Å². The molecule has 1 heterocycles. The molecule has 0 aromatic heterocycles. The second-order valence-corrected chi connectivity index (χ2v) is 7.55. The van der Waals surface area contributed by atoms with Crippen molar-refractivity contribution in [1.29, 1.82) is 0 Å². The number of rotatable bonds is 5. The van der Waals surface area contributed by atoms with E-state index in [4.69, 9.17) is 4.74 Å². The van der Waals surface area contributed by atoms with Gasteiger partial charge in [0.25, 0.3) is 0 Å². The SMILES string of the molecule is COc1ccc(CC(=O)N2CCC(C(=O)Nc3cc(C)cc(C)c3)CC2)cc1. The summed E-state index contributed by atoms with van der Waals surface area (Å²) in [6, 6.07) is 13.6. The largest absolute Gasteiger partial charge is 0.497 e. The monoisotopic (exact) mass is 380 g/mol. The Balaban J connectivity index is 1.50. The first-order valence-electron chi connectivity index (χ1n) is 9.74. The van der Waals surface area contributed by atoms with Gasteiger partial charge < -0.3 is 15.0 Å². The maximum atomic E-state index is 12.6. The van der Waals surface area contributed by atoms with E-state index >= 15 is 0 Å². The molecule has 0 saturated carbocycles. The van der Waals surface area contributed by atoms with E-state index in [1.807, 2.05) is 55.1 Å². The highest BCUT2D eigenvalue weighted by Gasteiger charge is 2.27. The highest BCUT2D eigenvalue weighted by atomic mass is 16.5. The third-order valence-corrected chi connectivity index (χ3v) is 5.22. The number of likely N-dealkylation sites (tertiary alicyclic amines) is 1. The molecule has 2 amide bonds. The van der Waals surface area contributed by atoms with Gasteiger partial charge in [-0.15, -0.1) is 0 Å². The van der Waals surface area contributed by atoms with E-state index in [-0.39, 0.29) is 17.7 Å². The molecule has 5 heteroatoms. The predicted molar refractivity (Wildman–Crippen MR) is 111 cm³/mol. The molecule has 1 saturated heterocycles. The summed E-state index contributed by atoms with van der Waals surface area (Å²) in [4.78, 5) is 27.0. The lowest BCUT2D eigenvalue weighted by molar-refractivity contribution is -0.133. The topological polar surface area (TPSA) is 58.6 Å².